The Morgan fingerprint density at radius 1 is 1.40 bits per heavy atom. The summed E-state index contributed by atoms with van der Waals surface area (Å²) in [5.74, 6) is 0.607. The highest BCUT2D eigenvalue weighted by atomic mass is 32.1. The smallest absolute Gasteiger partial charge is 0.250 e. The zero-order valence-electron chi connectivity index (χ0n) is 11.1. The van der Waals surface area contributed by atoms with Crippen LogP contribution in [0, 0.1) is 0 Å². The summed E-state index contributed by atoms with van der Waals surface area (Å²) < 4.78 is 5.49. The number of anilines is 1. The number of carbonyl (C=O) groups is 1. The number of rotatable bonds is 6. The molecule has 1 N–H and O–H groups in total. The Morgan fingerprint density at radius 2 is 2.20 bits per heavy atom. The molecule has 1 aromatic carbocycles. The molecule has 1 aromatic heterocycles. The van der Waals surface area contributed by atoms with Gasteiger partial charge in [-0.15, -0.1) is 10.2 Å². The second kappa shape index (κ2) is 7.40. The van der Waals surface area contributed by atoms with Crippen LogP contribution in [0.2, 0.25) is 0 Å². The summed E-state index contributed by atoms with van der Waals surface area (Å²) in [6.07, 6.45) is 4.18. The summed E-state index contributed by atoms with van der Waals surface area (Å²) in [4.78, 5) is 11.6. The molecule has 0 aliphatic carbocycles. The summed E-state index contributed by atoms with van der Waals surface area (Å²) in [6.45, 7) is 2.77. The quantitative estimate of drug-likeness (QED) is 0.830. The molecule has 5 nitrogen and oxygen atoms in total. The number of amides is 1. The zero-order valence-corrected chi connectivity index (χ0v) is 11.9. The third-order valence-electron chi connectivity index (χ3n) is 2.37. The van der Waals surface area contributed by atoms with Gasteiger partial charge >= 0.3 is 0 Å². The van der Waals surface area contributed by atoms with Crippen molar-refractivity contribution >= 4 is 28.5 Å². The van der Waals surface area contributed by atoms with Crippen LogP contribution in [0.3, 0.4) is 0 Å². The Morgan fingerprint density at radius 3 is 2.85 bits per heavy atom. The molecule has 104 valence electrons. The molecule has 0 saturated carbocycles. The molecule has 0 spiro atoms. The maximum atomic E-state index is 11.6. The lowest BCUT2D eigenvalue weighted by atomic mass is 10.2. The lowest BCUT2D eigenvalue weighted by molar-refractivity contribution is -0.111. The Labute approximate surface area is 121 Å². The van der Waals surface area contributed by atoms with Crippen LogP contribution in [0.5, 0.6) is 5.75 Å². The van der Waals surface area contributed by atoms with Crippen molar-refractivity contribution in [2.45, 2.75) is 13.3 Å². The van der Waals surface area contributed by atoms with Gasteiger partial charge in [0.2, 0.25) is 11.0 Å². The molecule has 2 aromatic rings. The number of benzene rings is 1. The average molecular weight is 289 g/mol. The van der Waals surface area contributed by atoms with Crippen LogP contribution in [0.1, 0.15) is 18.9 Å². The molecule has 0 bridgehead atoms. The number of nitrogens with zero attached hydrogens (tertiary/aromatic N) is 2. The van der Waals surface area contributed by atoms with Gasteiger partial charge in [-0.1, -0.05) is 30.4 Å². The van der Waals surface area contributed by atoms with Crippen molar-refractivity contribution in [1.29, 1.82) is 0 Å². The lowest BCUT2D eigenvalue weighted by Gasteiger charge is -2.03. The summed E-state index contributed by atoms with van der Waals surface area (Å²) in [5, 5.41) is 10.5. The number of hydrogen-bond donors (Lipinski definition) is 1. The molecule has 0 unspecified atom stereocenters. The van der Waals surface area contributed by atoms with Gasteiger partial charge < -0.3 is 4.74 Å². The van der Waals surface area contributed by atoms with Gasteiger partial charge in [0.1, 0.15) is 11.3 Å². The summed E-state index contributed by atoms with van der Waals surface area (Å²) in [6, 6.07) is 7.58. The Balaban J connectivity index is 1.88. The van der Waals surface area contributed by atoms with E-state index in [2.05, 4.69) is 22.4 Å². The van der Waals surface area contributed by atoms with Crippen molar-refractivity contribution in [2.24, 2.45) is 0 Å². The first-order valence-electron chi connectivity index (χ1n) is 6.26. The molecular weight excluding hydrogens is 274 g/mol. The van der Waals surface area contributed by atoms with Gasteiger partial charge in [0, 0.05) is 6.08 Å². The SMILES string of the molecule is CCCOc1ccc(/C=C/C(=O)Nc2nncs2)cc1. The Bertz CT molecular complexity index is 565. The summed E-state index contributed by atoms with van der Waals surface area (Å²) >= 11 is 1.28. The van der Waals surface area contributed by atoms with E-state index in [1.807, 2.05) is 24.3 Å². The fourth-order valence-electron chi connectivity index (χ4n) is 1.44. The average Bonchev–Trinajstić information content (AvgIpc) is 2.97. The maximum absolute atomic E-state index is 11.6. The lowest BCUT2D eigenvalue weighted by Crippen LogP contribution is -2.07. The van der Waals surface area contributed by atoms with Gasteiger partial charge in [-0.25, -0.2) is 0 Å². The van der Waals surface area contributed by atoms with E-state index < -0.39 is 0 Å². The number of ether oxygens (including phenoxy) is 1. The largest absolute Gasteiger partial charge is 0.494 e. The fourth-order valence-corrected chi connectivity index (χ4v) is 1.89. The van der Waals surface area contributed by atoms with E-state index in [0.717, 1.165) is 17.7 Å². The van der Waals surface area contributed by atoms with Crippen LogP contribution >= 0.6 is 11.3 Å². The van der Waals surface area contributed by atoms with Crippen LogP contribution in [0.4, 0.5) is 5.13 Å². The molecule has 0 aliphatic heterocycles. The number of carbonyl (C=O) groups excluding carboxylic acids is 1. The van der Waals surface area contributed by atoms with Crippen molar-refractivity contribution in [2.75, 3.05) is 11.9 Å². The Kier molecular flexibility index (Phi) is 5.25. The minimum absolute atomic E-state index is 0.229. The first-order chi connectivity index (χ1) is 9.78. The Hall–Kier alpha value is -2.21. The van der Waals surface area contributed by atoms with E-state index in [1.165, 1.54) is 17.4 Å². The molecular formula is C14H15N3O2S. The van der Waals surface area contributed by atoms with Gasteiger partial charge in [0.15, 0.2) is 0 Å². The van der Waals surface area contributed by atoms with Gasteiger partial charge in [-0.2, -0.15) is 0 Å². The second-order valence-electron chi connectivity index (χ2n) is 3.98. The van der Waals surface area contributed by atoms with Gasteiger partial charge in [0.05, 0.1) is 6.61 Å². The molecule has 2 rings (SSSR count). The van der Waals surface area contributed by atoms with Gasteiger partial charge in [-0.05, 0) is 30.2 Å². The molecule has 1 amide bonds. The van der Waals surface area contributed by atoms with Crippen LogP contribution in [-0.2, 0) is 4.79 Å². The molecule has 0 atom stereocenters. The standard InChI is InChI=1S/C14H15N3O2S/c1-2-9-19-12-6-3-11(4-7-12)5-8-13(18)16-14-17-15-10-20-14/h3-8,10H,2,9H2,1H3,(H,16,17,18)/b8-5+. The normalized spacial score (nSPS) is 10.7. The third kappa shape index (κ3) is 4.47. The first kappa shape index (κ1) is 14.2. The highest BCUT2D eigenvalue weighted by molar-refractivity contribution is 7.13. The van der Waals surface area contributed by atoms with Crippen LogP contribution < -0.4 is 10.1 Å². The van der Waals surface area contributed by atoms with Crippen molar-refractivity contribution in [3.05, 3.63) is 41.4 Å². The monoisotopic (exact) mass is 289 g/mol. The molecule has 20 heavy (non-hydrogen) atoms. The molecule has 0 fully saturated rings. The number of aromatic nitrogens is 2. The van der Waals surface area contributed by atoms with E-state index in [1.54, 1.807) is 11.6 Å². The van der Waals surface area contributed by atoms with Crippen LogP contribution in [-0.4, -0.2) is 22.7 Å². The zero-order chi connectivity index (χ0) is 14.2. The predicted octanol–water partition coefficient (Wildman–Crippen LogP) is 2.98. The topological polar surface area (TPSA) is 64.1 Å². The highest BCUT2D eigenvalue weighted by Gasteiger charge is 2.00. The first-order valence-corrected chi connectivity index (χ1v) is 7.14. The van der Waals surface area contributed by atoms with Crippen LogP contribution in [0.15, 0.2) is 35.9 Å². The molecule has 0 saturated heterocycles. The number of nitrogens with one attached hydrogen (secondary N) is 1. The van der Waals surface area contributed by atoms with E-state index in [9.17, 15) is 4.79 Å². The van der Waals surface area contributed by atoms with Crippen LogP contribution in [0.25, 0.3) is 6.08 Å². The van der Waals surface area contributed by atoms with Crippen molar-refractivity contribution in [1.82, 2.24) is 10.2 Å². The maximum Gasteiger partial charge on any atom is 0.250 e. The van der Waals surface area contributed by atoms with Crippen molar-refractivity contribution in [3.8, 4) is 5.75 Å². The fraction of sp³-hybridized carbons (Fsp3) is 0.214. The highest BCUT2D eigenvalue weighted by Crippen LogP contribution is 2.13. The number of hydrogen-bond acceptors (Lipinski definition) is 5. The van der Waals surface area contributed by atoms with E-state index in [0.29, 0.717) is 11.7 Å². The van der Waals surface area contributed by atoms with Gasteiger partial charge in [0.25, 0.3) is 0 Å². The molecule has 0 radical (unpaired) electrons. The van der Waals surface area contributed by atoms with E-state index >= 15 is 0 Å². The molecule has 1 heterocycles. The second-order valence-corrected chi connectivity index (χ2v) is 4.82. The van der Waals surface area contributed by atoms with Gasteiger partial charge in [-0.3, -0.25) is 10.1 Å². The third-order valence-corrected chi connectivity index (χ3v) is 2.98. The minimum atomic E-state index is -0.229. The predicted molar refractivity (Wildman–Crippen MR) is 79.8 cm³/mol. The minimum Gasteiger partial charge on any atom is -0.494 e. The summed E-state index contributed by atoms with van der Waals surface area (Å²) in [5.41, 5.74) is 2.50. The van der Waals surface area contributed by atoms with Crippen molar-refractivity contribution in [3.63, 3.8) is 0 Å². The van der Waals surface area contributed by atoms with Crippen molar-refractivity contribution < 1.29 is 9.53 Å². The van der Waals surface area contributed by atoms with E-state index in [4.69, 9.17) is 4.74 Å². The molecule has 6 heteroatoms. The molecule has 0 aliphatic rings. The summed E-state index contributed by atoms with van der Waals surface area (Å²) in [7, 11) is 0. The van der Waals surface area contributed by atoms with E-state index in [-0.39, 0.29) is 5.91 Å².